The molecule has 0 amide bonds. The van der Waals surface area contributed by atoms with Gasteiger partial charge in [0, 0.05) is 24.8 Å². The summed E-state index contributed by atoms with van der Waals surface area (Å²) in [4.78, 5) is 24.1. The minimum atomic E-state index is -1.58. The number of hydrogen-bond acceptors (Lipinski definition) is 7. The zero-order chi connectivity index (χ0) is 23.4. The summed E-state index contributed by atoms with van der Waals surface area (Å²) in [6, 6.07) is 0. The molecule has 4 aliphatic rings. The number of carbonyl (C=O) groups is 2. The van der Waals surface area contributed by atoms with Gasteiger partial charge in [-0.1, -0.05) is 19.8 Å². The molecule has 2 heterocycles. The standard InChI is InChI=1S/C25H34O7/c1-22(2)10-8-18(27)24(15-26)21(22)17-13-23(3,9-5-4-6-19(28)32-17)25(24,30)11-7-16-12-20(29)31-14-16/h12,17-18,21,26-27,30H,4,6-8,10-11,13-15H2,1-3H3. The average Bonchev–Trinajstić information content (AvgIpc) is 3.16. The summed E-state index contributed by atoms with van der Waals surface area (Å²) in [6.07, 6.45) is 2.37. The second-order valence-electron chi connectivity index (χ2n) is 10.9. The Hall–Kier alpha value is -1.88. The van der Waals surface area contributed by atoms with Gasteiger partial charge in [0.05, 0.1) is 35.6 Å². The van der Waals surface area contributed by atoms with Crippen molar-refractivity contribution in [3.8, 4) is 11.8 Å². The quantitative estimate of drug-likeness (QED) is 0.446. The van der Waals surface area contributed by atoms with E-state index in [1.54, 1.807) is 0 Å². The predicted molar refractivity (Wildman–Crippen MR) is 115 cm³/mol. The molecule has 6 unspecified atom stereocenters. The molecule has 7 nitrogen and oxygen atoms in total. The fourth-order valence-corrected chi connectivity index (χ4v) is 7.05. The number of rotatable bonds is 4. The van der Waals surface area contributed by atoms with Crippen LogP contribution in [0, 0.1) is 34.0 Å². The van der Waals surface area contributed by atoms with Crippen LogP contribution in [0.25, 0.3) is 0 Å². The van der Waals surface area contributed by atoms with Crippen LogP contribution in [0.5, 0.6) is 0 Å². The molecule has 2 fully saturated rings. The molecule has 6 atom stereocenters. The Balaban J connectivity index is 1.88. The zero-order valence-electron chi connectivity index (χ0n) is 19.1. The van der Waals surface area contributed by atoms with Crippen LogP contribution < -0.4 is 0 Å². The van der Waals surface area contributed by atoms with Crippen LogP contribution in [0.4, 0.5) is 0 Å². The lowest BCUT2D eigenvalue weighted by Gasteiger charge is -2.68. The van der Waals surface area contributed by atoms with Crippen LogP contribution >= 0.6 is 0 Å². The monoisotopic (exact) mass is 446 g/mol. The number of aliphatic hydroxyl groups excluding tert-OH is 2. The van der Waals surface area contributed by atoms with E-state index in [1.165, 1.54) is 6.08 Å². The van der Waals surface area contributed by atoms with Crippen molar-refractivity contribution in [2.75, 3.05) is 13.2 Å². The smallest absolute Gasteiger partial charge is 0.331 e. The Labute approximate surface area is 189 Å². The Morgan fingerprint density at radius 1 is 1.25 bits per heavy atom. The van der Waals surface area contributed by atoms with Crippen molar-refractivity contribution < 1.29 is 34.4 Å². The first-order valence-electron chi connectivity index (χ1n) is 11.6. The van der Waals surface area contributed by atoms with E-state index in [2.05, 4.69) is 25.7 Å². The van der Waals surface area contributed by atoms with Gasteiger partial charge in [0.25, 0.3) is 0 Å². The van der Waals surface area contributed by atoms with Gasteiger partial charge in [-0.05, 0) is 43.6 Å². The molecule has 0 aromatic heterocycles. The van der Waals surface area contributed by atoms with Gasteiger partial charge in [-0.3, -0.25) is 4.79 Å². The molecule has 2 aliphatic heterocycles. The number of ether oxygens (including phenoxy) is 2. The molecule has 2 saturated carbocycles. The summed E-state index contributed by atoms with van der Waals surface area (Å²) < 4.78 is 11.0. The third kappa shape index (κ3) is 3.30. The summed E-state index contributed by atoms with van der Waals surface area (Å²) in [7, 11) is 0. The molecule has 4 rings (SSSR count). The average molecular weight is 447 g/mol. The molecular formula is C25H34O7. The van der Waals surface area contributed by atoms with Crippen LogP contribution in [0.1, 0.15) is 65.7 Å². The van der Waals surface area contributed by atoms with E-state index < -0.39 is 52.5 Å². The van der Waals surface area contributed by atoms with Gasteiger partial charge in [-0.2, -0.15) is 0 Å². The third-order valence-electron chi connectivity index (χ3n) is 8.61. The van der Waals surface area contributed by atoms with Crippen molar-refractivity contribution in [1.82, 2.24) is 0 Å². The molecule has 0 saturated heterocycles. The Morgan fingerprint density at radius 2 is 2.00 bits per heavy atom. The van der Waals surface area contributed by atoms with Crippen molar-refractivity contribution >= 4 is 11.9 Å². The first-order chi connectivity index (χ1) is 15.0. The van der Waals surface area contributed by atoms with Crippen LogP contribution in [0.3, 0.4) is 0 Å². The highest BCUT2D eigenvalue weighted by molar-refractivity contribution is 5.85. The largest absolute Gasteiger partial charge is 0.462 e. The summed E-state index contributed by atoms with van der Waals surface area (Å²) in [5.41, 5.74) is -3.57. The molecule has 0 aromatic rings. The van der Waals surface area contributed by atoms with E-state index in [4.69, 9.17) is 9.47 Å². The van der Waals surface area contributed by atoms with Gasteiger partial charge >= 0.3 is 11.9 Å². The Bertz CT molecular complexity index is 896. The molecule has 0 spiro atoms. The third-order valence-corrected chi connectivity index (χ3v) is 8.61. The Morgan fingerprint density at radius 3 is 2.66 bits per heavy atom. The SMILES string of the molecule is CC1(C)CCC(O)C2(CO)C1C1CC(C)(C#CCCC(=O)O1)C2(O)CCC1=CC(=O)OC1. The fraction of sp³-hybridized carbons (Fsp3) is 0.760. The summed E-state index contributed by atoms with van der Waals surface area (Å²) >= 11 is 0. The molecule has 2 bridgehead atoms. The van der Waals surface area contributed by atoms with Gasteiger partial charge in [0.2, 0.25) is 0 Å². The number of cyclic esters (lactones) is 1. The summed E-state index contributed by atoms with van der Waals surface area (Å²) in [6.45, 7) is 5.67. The second kappa shape index (κ2) is 7.86. The van der Waals surface area contributed by atoms with Crippen molar-refractivity contribution in [2.24, 2.45) is 22.2 Å². The number of aliphatic hydroxyl groups is 3. The van der Waals surface area contributed by atoms with Crippen LogP contribution in [-0.4, -0.2) is 58.3 Å². The molecule has 32 heavy (non-hydrogen) atoms. The minimum absolute atomic E-state index is 0.173. The van der Waals surface area contributed by atoms with Crippen molar-refractivity contribution in [3.05, 3.63) is 11.6 Å². The van der Waals surface area contributed by atoms with Gasteiger partial charge in [0.1, 0.15) is 12.7 Å². The van der Waals surface area contributed by atoms with Crippen molar-refractivity contribution in [3.63, 3.8) is 0 Å². The Kier molecular flexibility index (Phi) is 5.72. The molecule has 0 radical (unpaired) electrons. The summed E-state index contributed by atoms with van der Waals surface area (Å²) in [5, 5.41) is 34.9. The molecular weight excluding hydrogens is 412 g/mol. The van der Waals surface area contributed by atoms with E-state index in [9.17, 15) is 24.9 Å². The second-order valence-corrected chi connectivity index (χ2v) is 10.9. The van der Waals surface area contributed by atoms with Crippen molar-refractivity contribution in [1.29, 1.82) is 0 Å². The first-order valence-corrected chi connectivity index (χ1v) is 11.6. The number of carbonyl (C=O) groups excluding carboxylic acids is 2. The maximum atomic E-state index is 12.6. The highest BCUT2D eigenvalue weighted by Gasteiger charge is 2.74. The molecule has 2 aliphatic carbocycles. The minimum Gasteiger partial charge on any atom is -0.462 e. The van der Waals surface area contributed by atoms with E-state index in [1.807, 2.05) is 6.92 Å². The molecule has 7 heteroatoms. The molecule has 0 aromatic carbocycles. The number of hydrogen-bond donors (Lipinski definition) is 3. The molecule has 176 valence electrons. The van der Waals surface area contributed by atoms with Crippen molar-refractivity contribution in [2.45, 2.75) is 83.5 Å². The van der Waals surface area contributed by atoms with Crippen LogP contribution in [0.2, 0.25) is 0 Å². The number of esters is 2. The summed E-state index contributed by atoms with van der Waals surface area (Å²) in [5.74, 6) is 5.09. The van der Waals surface area contributed by atoms with E-state index in [-0.39, 0.29) is 25.4 Å². The van der Waals surface area contributed by atoms with Gasteiger partial charge in [-0.15, -0.1) is 5.92 Å². The van der Waals surface area contributed by atoms with Crippen LogP contribution in [-0.2, 0) is 19.1 Å². The topological polar surface area (TPSA) is 113 Å². The zero-order valence-corrected chi connectivity index (χ0v) is 19.1. The van der Waals surface area contributed by atoms with E-state index >= 15 is 0 Å². The van der Waals surface area contributed by atoms with E-state index in [0.717, 1.165) is 5.57 Å². The highest BCUT2D eigenvalue weighted by Crippen LogP contribution is 2.67. The predicted octanol–water partition coefficient (Wildman–Crippen LogP) is 1.88. The maximum absolute atomic E-state index is 12.6. The normalized spacial score (nSPS) is 42.8. The van der Waals surface area contributed by atoms with Crippen LogP contribution in [0.15, 0.2) is 11.6 Å². The van der Waals surface area contributed by atoms with Gasteiger partial charge < -0.3 is 24.8 Å². The number of fused-ring (bicyclic) bond motifs is 4. The lowest BCUT2D eigenvalue weighted by molar-refractivity contribution is -0.312. The lowest BCUT2D eigenvalue weighted by atomic mass is 9.38. The lowest BCUT2D eigenvalue weighted by Crippen LogP contribution is -2.76. The van der Waals surface area contributed by atoms with Gasteiger partial charge in [-0.25, -0.2) is 4.79 Å². The maximum Gasteiger partial charge on any atom is 0.331 e. The first kappa shape index (κ1) is 23.3. The fourth-order valence-electron chi connectivity index (χ4n) is 7.05. The van der Waals surface area contributed by atoms with Gasteiger partial charge in [0.15, 0.2) is 0 Å². The van der Waals surface area contributed by atoms with E-state index in [0.29, 0.717) is 32.1 Å². The molecule has 3 N–H and O–H groups in total. The highest BCUT2D eigenvalue weighted by atomic mass is 16.5.